The Hall–Kier alpha value is -5.68. The van der Waals surface area contributed by atoms with Crippen LogP contribution in [0.4, 0.5) is 0 Å². The lowest BCUT2D eigenvalue weighted by Gasteiger charge is -2.42. The van der Waals surface area contributed by atoms with Gasteiger partial charge in [-0.2, -0.15) is 0 Å². The molecule has 0 radical (unpaired) electrons. The number of rotatable bonds is 5. The third kappa shape index (κ3) is 5.35. The highest BCUT2D eigenvalue weighted by Gasteiger charge is 2.59. The summed E-state index contributed by atoms with van der Waals surface area (Å²) < 4.78 is 16.2. The maximum absolute atomic E-state index is 7.13. The molecular formula is C49H47N3O2. The fourth-order valence-corrected chi connectivity index (χ4v) is 8.66. The van der Waals surface area contributed by atoms with E-state index in [-0.39, 0.29) is 17.3 Å². The molecule has 0 fully saturated rings. The number of fused-ring (bicyclic) bond motifs is 8. The molecule has 2 aromatic heterocycles. The number of benzene rings is 4. The van der Waals surface area contributed by atoms with Gasteiger partial charge < -0.3 is 9.47 Å². The summed E-state index contributed by atoms with van der Waals surface area (Å²) in [6, 6.07) is 32.4. The number of ether oxygens (including phenoxy) is 2. The Balaban J connectivity index is 1.13. The van der Waals surface area contributed by atoms with Crippen LogP contribution in [0.15, 0.2) is 132 Å². The number of aryl methyl sites for hydroxylation is 1. The molecule has 270 valence electrons. The third-order valence-electron chi connectivity index (χ3n) is 11.8. The van der Waals surface area contributed by atoms with Gasteiger partial charge in [-0.3, -0.25) is 4.57 Å². The maximum Gasteiger partial charge on any atom is 0.217 e. The first-order valence-electron chi connectivity index (χ1n) is 19.1. The molecule has 4 aromatic carbocycles. The van der Waals surface area contributed by atoms with Gasteiger partial charge in [0.15, 0.2) is 5.60 Å². The number of allylic oxidation sites excluding steroid dienone is 3. The highest BCUT2D eigenvalue weighted by Crippen LogP contribution is 2.55. The lowest BCUT2D eigenvalue weighted by molar-refractivity contribution is 0.0184. The maximum atomic E-state index is 7.13. The van der Waals surface area contributed by atoms with Crippen LogP contribution in [0, 0.1) is 12.8 Å². The number of aromatic nitrogens is 2. The van der Waals surface area contributed by atoms with Crippen LogP contribution in [0.3, 0.4) is 0 Å². The molecule has 3 aliphatic rings. The second-order valence-electron chi connectivity index (χ2n) is 16.9. The normalized spacial score (nSPS) is 21.7. The Bertz CT molecular complexity index is 2630. The Morgan fingerprint density at radius 3 is 2.48 bits per heavy atom. The van der Waals surface area contributed by atoms with E-state index in [0.717, 1.165) is 56.0 Å². The Labute approximate surface area is 318 Å². The van der Waals surface area contributed by atoms with Gasteiger partial charge >= 0.3 is 0 Å². The molecule has 3 heterocycles. The van der Waals surface area contributed by atoms with Gasteiger partial charge in [0.1, 0.15) is 22.7 Å². The summed E-state index contributed by atoms with van der Waals surface area (Å²) >= 11 is 0. The van der Waals surface area contributed by atoms with Crippen molar-refractivity contribution in [3.8, 4) is 17.2 Å². The number of hydrogen-bond donors (Lipinski definition) is 0. The Morgan fingerprint density at radius 1 is 0.852 bits per heavy atom. The molecule has 1 unspecified atom stereocenters. The minimum Gasteiger partial charge on any atom is -0.464 e. The van der Waals surface area contributed by atoms with Crippen molar-refractivity contribution in [3.63, 3.8) is 0 Å². The van der Waals surface area contributed by atoms with Crippen molar-refractivity contribution in [2.75, 3.05) is 0 Å². The highest BCUT2D eigenvalue weighted by molar-refractivity contribution is 6.08. The fourth-order valence-electron chi connectivity index (χ4n) is 8.66. The summed E-state index contributed by atoms with van der Waals surface area (Å²) in [5.74, 6) is 2.47. The first-order chi connectivity index (χ1) is 25.8. The molecule has 0 amide bonds. The van der Waals surface area contributed by atoms with E-state index >= 15 is 0 Å². The standard InChI is InChI=1S/C49H47N3O2/c1-30(2)34-25-35(46-51-48(7)42-17-11-9-14-32(42)24-33-15-10-12-18-43(33)49(48,8)54-46)27-39(26-34)53-38-23-31(3)22-37(29-38)52-44-20-19-36(47(4,5)6)28-41(44)40-16-13-21-50-45(40)52/h9-30,42H,1-8H3/t42?,48-,49+/m1/s1. The molecular weight excluding hydrogens is 663 g/mol. The van der Waals surface area contributed by atoms with E-state index in [1.165, 1.54) is 22.1 Å². The Kier molecular flexibility index (Phi) is 7.69. The molecule has 0 saturated carbocycles. The highest BCUT2D eigenvalue weighted by atomic mass is 16.5. The van der Waals surface area contributed by atoms with Gasteiger partial charge in [-0.1, -0.05) is 95.3 Å². The van der Waals surface area contributed by atoms with Crippen LogP contribution in [0.5, 0.6) is 11.5 Å². The largest absolute Gasteiger partial charge is 0.464 e. The van der Waals surface area contributed by atoms with Crippen LogP contribution < -0.4 is 4.74 Å². The molecule has 54 heavy (non-hydrogen) atoms. The molecule has 5 heteroatoms. The second kappa shape index (κ2) is 12.2. The monoisotopic (exact) mass is 709 g/mol. The van der Waals surface area contributed by atoms with Crippen LogP contribution in [0.1, 0.15) is 87.8 Å². The van der Waals surface area contributed by atoms with Crippen LogP contribution in [0.2, 0.25) is 0 Å². The summed E-state index contributed by atoms with van der Waals surface area (Å²) in [4.78, 5) is 10.4. The topological polar surface area (TPSA) is 48.6 Å². The molecule has 3 atom stereocenters. The van der Waals surface area contributed by atoms with Crippen molar-refractivity contribution >= 4 is 33.9 Å². The zero-order valence-corrected chi connectivity index (χ0v) is 32.4. The molecule has 0 N–H and O–H groups in total. The summed E-state index contributed by atoms with van der Waals surface area (Å²) in [6.07, 6.45) is 12.9. The number of aliphatic imine (C=N–C) groups is 1. The molecule has 0 bridgehead atoms. The zero-order valence-electron chi connectivity index (χ0n) is 32.4. The number of pyridine rings is 1. The lowest BCUT2D eigenvalue weighted by Crippen LogP contribution is -2.49. The minimum atomic E-state index is -0.693. The summed E-state index contributed by atoms with van der Waals surface area (Å²) in [5, 5.41) is 2.34. The van der Waals surface area contributed by atoms with E-state index in [9.17, 15) is 0 Å². The second-order valence-corrected chi connectivity index (χ2v) is 16.9. The van der Waals surface area contributed by atoms with Crippen LogP contribution in [-0.4, -0.2) is 21.0 Å². The smallest absolute Gasteiger partial charge is 0.217 e. The predicted molar refractivity (Wildman–Crippen MR) is 222 cm³/mol. The van der Waals surface area contributed by atoms with Crippen molar-refractivity contribution < 1.29 is 9.47 Å². The van der Waals surface area contributed by atoms with E-state index in [1.54, 1.807) is 0 Å². The van der Waals surface area contributed by atoms with Crippen molar-refractivity contribution in [2.45, 2.75) is 77.9 Å². The van der Waals surface area contributed by atoms with Gasteiger partial charge in [0.2, 0.25) is 5.90 Å². The molecule has 6 aromatic rings. The van der Waals surface area contributed by atoms with E-state index in [2.05, 4.69) is 175 Å². The fraction of sp³-hybridized carbons (Fsp3) is 0.265. The lowest BCUT2D eigenvalue weighted by atomic mass is 9.68. The van der Waals surface area contributed by atoms with Gasteiger partial charge in [0.05, 0.1) is 11.2 Å². The SMILES string of the molecule is Cc1cc(Oc2cc(C3=N[C@]4(C)C5C=CC=CC5=Cc5ccccc5[C@]4(C)O3)cc(C(C)C)c2)cc(-n2c3ccc(C(C)(C)C)cc3c3cccnc32)c1. The van der Waals surface area contributed by atoms with Crippen LogP contribution in [-0.2, 0) is 15.8 Å². The van der Waals surface area contributed by atoms with Crippen LogP contribution >= 0.6 is 0 Å². The average molecular weight is 710 g/mol. The van der Waals surface area contributed by atoms with Crippen LogP contribution in [0.25, 0.3) is 33.7 Å². The average Bonchev–Trinajstić information content (AvgIpc) is 3.60. The molecule has 9 rings (SSSR count). The summed E-state index contributed by atoms with van der Waals surface area (Å²) in [5.41, 5.74) is 9.86. The van der Waals surface area contributed by atoms with Gasteiger partial charge in [-0.25, -0.2) is 9.98 Å². The minimum absolute atomic E-state index is 0.0368. The van der Waals surface area contributed by atoms with E-state index in [1.807, 2.05) is 12.3 Å². The summed E-state index contributed by atoms with van der Waals surface area (Å²) in [7, 11) is 0. The van der Waals surface area contributed by atoms with Crippen molar-refractivity contribution in [1.82, 2.24) is 9.55 Å². The van der Waals surface area contributed by atoms with Gasteiger partial charge in [0.25, 0.3) is 0 Å². The van der Waals surface area contributed by atoms with Gasteiger partial charge in [-0.05, 0) is 115 Å². The van der Waals surface area contributed by atoms with Crippen molar-refractivity contribution in [3.05, 3.63) is 160 Å². The predicted octanol–water partition coefficient (Wildman–Crippen LogP) is 12.3. The number of nitrogens with zero attached hydrogens (tertiary/aromatic N) is 3. The first kappa shape index (κ1) is 34.1. The van der Waals surface area contributed by atoms with E-state index in [4.69, 9.17) is 19.5 Å². The van der Waals surface area contributed by atoms with Crippen molar-refractivity contribution in [1.29, 1.82) is 0 Å². The number of hydrogen-bond acceptors (Lipinski definition) is 4. The third-order valence-corrected chi connectivity index (χ3v) is 11.8. The summed E-state index contributed by atoms with van der Waals surface area (Å²) in [6.45, 7) is 17.8. The first-order valence-corrected chi connectivity index (χ1v) is 19.1. The molecule has 0 saturated heterocycles. The molecule has 0 spiro atoms. The Morgan fingerprint density at radius 2 is 1.67 bits per heavy atom. The van der Waals surface area contributed by atoms with Crippen molar-refractivity contribution in [2.24, 2.45) is 10.9 Å². The van der Waals surface area contributed by atoms with Gasteiger partial charge in [-0.15, -0.1) is 0 Å². The molecule has 5 nitrogen and oxygen atoms in total. The van der Waals surface area contributed by atoms with E-state index < -0.39 is 11.1 Å². The molecule has 1 aliphatic heterocycles. The van der Waals surface area contributed by atoms with E-state index in [0.29, 0.717) is 5.90 Å². The zero-order chi connectivity index (χ0) is 37.6. The molecule has 2 aliphatic carbocycles. The quantitative estimate of drug-likeness (QED) is 0.179. The van der Waals surface area contributed by atoms with Gasteiger partial charge in [0, 0.05) is 40.1 Å².